The van der Waals surface area contributed by atoms with Crippen LogP contribution in [0.25, 0.3) is 0 Å². The van der Waals surface area contributed by atoms with Crippen molar-refractivity contribution in [2.24, 2.45) is 5.92 Å². The summed E-state index contributed by atoms with van der Waals surface area (Å²) in [6.07, 6.45) is 3.21. The SMILES string of the molecule is COC(=O)c1cc(NC(=O)C2CCN(C(=O)N3CCCC3)CC2)cc(C(=O)OC)c1. The summed E-state index contributed by atoms with van der Waals surface area (Å²) in [4.78, 5) is 52.7. The molecular formula is C21H27N3O6. The second-order valence-electron chi connectivity index (χ2n) is 7.51. The molecule has 0 atom stereocenters. The molecule has 2 fully saturated rings. The summed E-state index contributed by atoms with van der Waals surface area (Å²) in [6, 6.07) is 4.33. The van der Waals surface area contributed by atoms with Gasteiger partial charge < -0.3 is 24.6 Å². The molecule has 2 heterocycles. The Morgan fingerprint density at radius 1 is 0.833 bits per heavy atom. The summed E-state index contributed by atoms with van der Waals surface area (Å²) in [7, 11) is 2.48. The average molecular weight is 417 g/mol. The second-order valence-corrected chi connectivity index (χ2v) is 7.51. The fraction of sp³-hybridized carbons (Fsp3) is 0.524. The van der Waals surface area contributed by atoms with Crippen LogP contribution in [0.5, 0.6) is 0 Å². The van der Waals surface area contributed by atoms with Gasteiger partial charge in [-0.05, 0) is 43.9 Å². The van der Waals surface area contributed by atoms with E-state index in [0.717, 1.165) is 25.9 Å². The van der Waals surface area contributed by atoms with Crippen molar-refractivity contribution in [3.8, 4) is 0 Å². The molecule has 0 aliphatic carbocycles. The van der Waals surface area contributed by atoms with E-state index >= 15 is 0 Å². The van der Waals surface area contributed by atoms with E-state index in [9.17, 15) is 19.2 Å². The van der Waals surface area contributed by atoms with Gasteiger partial charge in [-0.2, -0.15) is 0 Å². The van der Waals surface area contributed by atoms with E-state index in [1.54, 1.807) is 0 Å². The maximum atomic E-state index is 12.7. The predicted octanol–water partition coefficient (Wildman–Crippen LogP) is 2.13. The van der Waals surface area contributed by atoms with E-state index in [4.69, 9.17) is 9.47 Å². The number of piperidine rings is 1. The van der Waals surface area contributed by atoms with Gasteiger partial charge >= 0.3 is 18.0 Å². The third-order valence-corrected chi connectivity index (χ3v) is 5.56. The molecule has 0 radical (unpaired) electrons. The molecule has 1 N–H and O–H groups in total. The predicted molar refractivity (Wildman–Crippen MR) is 108 cm³/mol. The molecule has 2 saturated heterocycles. The number of likely N-dealkylation sites (tertiary alicyclic amines) is 2. The number of rotatable bonds is 4. The van der Waals surface area contributed by atoms with E-state index in [1.807, 2.05) is 9.80 Å². The minimum absolute atomic E-state index is 0.0554. The summed E-state index contributed by atoms with van der Waals surface area (Å²) in [5.74, 6) is -1.70. The molecule has 0 spiro atoms. The molecule has 162 valence electrons. The Labute approximate surface area is 175 Å². The highest BCUT2D eigenvalue weighted by atomic mass is 16.5. The molecule has 3 amide bonds. The van der Waals surface area contributed by atoms with Crippen molar-refractivity contribution in [1.82, 2.24) is 9.80 Å². The molecule has 1 aromatic carbocycles. The van der Waals surface area contributed by atoms with E-state index < -0.39 is 11.9 Å². The Balaban J connectivity index is 1.63. The number of amides is 3. The van der Waals surface area contributed by atoms with Crippen molar-refractivity contribution in [3.05, 3.63) is 29.3 Å². The smallest absolute Gasteiger partial charge is 0.337 e. The third-order valence-electron chi connectivity index (χ3n) is 5.56. The number of urea groups is 1. The number of carbonyl (C=O) groups is 4. The standard InChI is InChI=1S/C21H27N3O6/c1-29-19(26)15-11-16(20(27)30-2)13-17(12-15)22-18(25)14-5-9-24(10-6-14)21(28)23-7-3-4-8-23/h11-14H,3-10H2,1-2H3,(H,22,25). The number of nitrogens with zero attached hydrogens (tertiary/aromatic N) is 2. The summed E-state index contributed by atoms with van der Waals surface area (Å²) < 4.78 is 9.42. The maximum Gasteiger partial charge on any atom is 0.337 e. The quantitative estimate of drug-likeness (QED) is 0.753. The Kier molecular flexibility index (Phi) is 6.91. The van der Waals surface area contributed by atoms with Gasteiger partial charge in [0.25, 0.3) is 0 Å². The fourth-order valence-corrected chi connectivity index (χ4v) is 3.86. The second kappa shape index (κ2) is 9.60. The first-order valence-electron chi connectivity index (χ1n) is 10.1. The molecular weight excluding hydrogens is 390 g/mol. The largest absolute Gasteiger partial charge is 0.465 e. The number of carbonyl (C=O) groups excluding carboxylic acids is 4. The Morgan fingerprint density at radius 3 is 1.83 bits per heavy atom. The Bertz CT molecular complexity index is 792. The molecule has 0 aromatic heterocycles. The van der Waals surface area contributed by atoms with Gasteiger partial charge in [0, 0.05) is 37.8 Å². The third kappa shape index (κ3) is 4.90. The molecule has 3 rings (SSSR count). The Hall–Kier alpha value is -3.10. The number of hydrogen-bond acceptors (Lipinski definition) is 6. The van der Waals surface area contributed by atoms with Crippen LogP contribution in [0.1, 0.15) is 46.4 Å². The Morgan fingerprint density at radius 2 is 1.33 bits per heavy atom. The lowest BCUT2D eigenvalue weighted by Gasteiger charge is -2.34. The summed E-state index contributed by atoms with van der Waals surface area (Å²) in [5, 5.41) is 2.78. The molecule has 1 aromatic rings. The van der Waals surface area contributed by atoms with Crippen LogP contribution < -0.4 is 5.32 Å². The molecule has 9 nitrogen and oxygen atoms in total. The first-order valence-corrected chi connectivity index (χ1v) is 10.1. The number of anilines is 1. The minimum atomic E-state index is -0.620. The van der Waals surface area contributed by atoms with Gasteiger partial charge in [0.2, 0.25) is 5.91 Å². The van der Waals surface area contributed by atoms with Gasteiger partial charge in [-0.15, -0.1) is 0 Å². The lowest BCUT2D eigenvalue weighted by Crippen LogP contribution is -2.47. The number of nitrogens with one attached hydrogen (secondary N) is 1. The zero-order valence-corrected chi connectivity index (χ0v) is 17.3. The van der Waals surface area contributed by atoms with Crippen molar-refractivity contribution < 1.29 is 28.7 Å². The van der Waals surface area contributed by atoms with Gasteiger partial charge in [0.05, 0.1) is 25.3 Å². The van der Waals surface area contributed by atoms with Crippen molar-refractivity contribution in [3.63, 3.8) is 0 Å². The molecule has 9 heteroatoms. The van der Waals surface area contributed by atoms with Crippen LogP contribution in [0.2, 0.25) is 0 Å². The highest BCUT2D eigenvalue weighted by Gasteiger charge is 2.30. The highest BCUT2D eigenvalue weighted by Crippen LogP contribution is 2.23. The van der Waals surface area contributed by atoms with Gasteiger partial charge in [-0.25, -0.2) is 14.4 Å². The average Bonchev–Trinajstić information content (AvgIpc) is 3.32. The van der Waals surface area contributed by atoms with E-state index in [-0.39, 0.29) is 29.0 Å². The maximum absolute atomic E-state index is 12.7. The van der Waals surface area contributed by atoms with Gasteiger partial charge in [-0.3, -0.25) is 4.79 Å². The van der Waals surface area contributed by atoms with Crippen molar-refractivity contribution >= 4 is 29.6 Å². The van der Waals surface area contributed by atoms with Crippen LogP contribution >= 0.6 is 0 Å². The fourth-order valence-electron chi connectivity index (χ4n) is 3.86. The van der Waals surface area contributed by atoms with Crippen molar-refractivity contribution in [1.29, 1.82) is 0 Å². The van der Waals surface area contributed by atoms with Gasteiger partial charge in [0.15, 0.2) is 0 Å². The molecule has 0 saturated carbocycles. The zero-order valence-electron chi connectivity index (χ0n) is 17.3. The first kappa shape index (κ1) is 21.6. The zero-order chi connectivity index (χ0) is 21.7. The molecule has 2 aliphatic rings. The van der Waals surface area contributed by atoms with Crippen LogP contribution in [0, 0.1) is 5.92 Å². The number of esters is 2. The van der Waals surface area contributed by atoms with Crippen molar-refractivity contribution in [2.45, 2.75) is 25.7 Å². The number of ether oxygens (including phenoxy) is 2. The van der Waals surface area contributed by atoms with E-state index in [0.29, 0.717) is 31.6 Å². The summed E-state index contributed by atoms with van der Waals surface area (Å²) in [5.41, 5.74) is 0.599. The van der Waals surface area contributed by atoms with Gasteiger partial charge in [-0.1, -0.05) is 0 Å². The van der Waals surface area contributed by atoms with Crippen LogP contribution in [-0.4, -0.2) is 74.1 Å². The minimum Gasteiger partial charge on any atom is -0.465 e. The van der Waals surface area contributed by atoms with Gasteiger partial charge in [0.1, 0.15) is 0 Å². The summed E-state index contributed by atoms with van der Waals surface area (Å²) in [6.45, 7) is 2.67. The van der Waals surface area contributed by atoms with Crippen LogP contribution in [0.15, 0.2) is 18.2 Å². The molecule has 30 heavy (non-hydrogen) atoms. The number of hydrogen-bond donors (Lipinski definition) is 1. The topological polar surface area (TPSA) is 105 Å². The molecule has 2 aliphatic heterocycles. The van der Waals surface area contributed by atoms with Crippen molar-refractivity contribution in [2.75, 3.05) is 45.7 Å². The number of benzene rings is 1. The lowest BCUT2D eigenvalue weighted by atomic mass is 9.96. The normalized spacial score (nSPS) is 16.9. The lowest BCUT2D eigenvalue weighted by molar-refractivity contribution is -0.121. The summed E-state index contributed by atoms with van der Waals surface area (Å²) >= 11 is 0. The molecule has 0 unspecified atom stereocenters. The van der Waals surface area contributed by atoms with Crippen LogP contribution in [0.4, 0.5) is 10.5 Å². The van der Waals surface area contributed by atoms with E-state index in [1.165, 1.54) is 32.4 Å². The molecule has 0 bridgehead atoms. The van der Waals surface area contributed by atoms with E-state index in [2.05, 4.69) is 5.32 Å². The first-order chi connectivity index (χ1) is 14.4. The van der Waals surface area contributed by atoms with Crippen LogP contribution in [-0.2, 0) is 14.3 Å². The monoisotopic (exact) mass is 417 g/mol. The highest BCUT2D eigenvalue weighted by molar-refractivity contribution is 6.00. The number of methoxy groups -OCH3 is 2. The van der Waals surface area contributed by atoms with Crippen LogP contribution in [0.3, 0.4) is 0 Å².